The van der Waals surface area contributed by atoms with Crippen LogP contribution < -0.4 is 15.1 Å². The maximum atomic E-state index is 13.2. The van der Waals surface area contributed by atoms with E-state index in [0.717, 1.165) is 61.0 Å². The Labute approximate surface area is 187 Å². The van der Waals surface area contributed by atoms with E-state index in [1.54, 1.807) is 0 Å². The first-order chi connectivity index (χ1) is 15.0. The molecule has 3 heterocycles. The van der Waals surface area contributed by atoms with Crippen LogP contribution in [0.3, 0.4) is 0 Å². The fourth-order valence-corrected chi connectivity index (χ4v) is 5.15. The highest BCUT2D eigenvalue weighted by atomic mass is 35.5. The summed E-state index contributed by atoms with van der Waals surface area (Å²) in [7, 11) is 0. The van der Waals surface area contributed by atoms with Gasteiger partial charge in [-0.15, -0.1) is 0 Å². The Kier molecular flexibility index (Phi) is 5.26. The maximum Gasteiger partial charge on any atom is 0.254 e. The fourth-order valence-electron chi connectivity index (χ4n) is 4.98. The van der Waals surface area contributed by atoms with Crippen LogP contribution in [0.5, 0.6) is 0 Å². The van der Waals surface area contributed by atoms with Gasteiger partial charge >= 0.3 is 0 Å². The van der Waals surface area contributed by atoms with Gasteiger partial charge in [-0.25, -0.2) is 0 Å². The second-order valence-electron chi connectivity index (χ2n) is 8.64. The van der Waals surface area contributed by atoms with E-state index < -0.39 is 0 Å². The number of nitrogens with zero attached hydrogens (tertiary/aromatic N) is 3. The van der Waals surface area contributed by atoms with Crippen molar-refractivity contribution in [1.29, 1.82) is 0 Å². The van der Waals surface area contributed by atoms with Crippen molar-refractivity contribution >= 4 is 40.5 Å². The van der Waals surface area contributed by atoms with Crippen LogP contribution in [0.1, 0.15) is 35.2 Å². The summed E-state index contributed by atoms with van der Waals surface area (Å²) in [5, 5.41) is 3.75. The Morgan fingerprint density at radius 1 is 1.00 bits per heavy atom. The van der Waals surface area contributed by atoms with Gasteiger partial charge < -0.3 is 20.0 Å². The van der Waals surface area contributed by atoms with Gasteiger partial charge in [-0.1, -0.05) is 17.7 Å². The van der Waals surface area contributed by atoms with E-state index in [1.165, 1.54) is 5.56 Å². The molecule has 2 fully saturated rings. The first-order valence-corrected chi connectivity index (χ1v) is 11.4. The second-order valence-corrected chi connectivity index (χ2v) is 9.07. The van der Waals surface area contributed by atoms with E-state index in [4.69, 9.17) is 11.6 Å². The van der Waals surface area contributed by atoms with Crippen LogP contribution in [-0.4, -0.2) is 55.5 Å². The molecule has 1 N–H and O–H groups in total. The van der Waals surface area contributed by atoms with Crippen molar-refractivity contribution in [3.8, 4) is 0 Å². The van der Waals surface area contributed by atoms with E-state index >= 15 is 0 Å². The third-order valence-corrected chi connectivity index (χ3v) is 6.93. The molecule has 162 valence electrons. The zero-order chi connectivity index (χ0) is 21.5. The summed E-state index contributed by atoms with van der Waals surface area (Å²) >= 11 is 6.18. The number of hydrogen-bond donors (Lipinski definition) is 1. The maximum absolute atomic E-state index is 13.2. The van der Waals surface area contributed by atoms with Gasteiger partial charge in [0.15, 0.2) is 0 Å². The van der Waals surface area contributed by atoms with Crippen LogP contribution in [0, 0.1) is 6.92 Å². The highest BCUT2D eigenvalue weighted by Gasteiger charge is 2.35. The molecule has 5 rings (SSSR count). The lowest BCUT2D eigenvalue weighted by atomic mass is 9.96. The first kappa shape index (κ1) is 20.2. The topological polar surface area (TPSA) is 55.9 Å². The van der Waals surface area contributed by atoms with Gasteiger partial charge in [0, 0.05) is 49.0 Å². The van der Waals surface area contributed by atoms with Gasteiger partial charge in [0.05, 0.1) is 11.4 Å². The van der Waals surface area contributed by atoms with Crippen molar-refractivity contribution in [2.75, 3.05) is 47.8 Å². The fraction of sp³-hybridized carbons (Fsp3) is 0.417. The molecule has 0 aromatic heterocycles. The largest absolute Gasteiger partial charge is 0.368 e. The molecule has 0 unspecified atom stereocenters. The zero-order valence-corrected chi connectivity index (χ0v) is 18.5. The Morgan fingerprint density at radius 3 is 2.61 bits per heavy atom. The molecule has 0 radical (unpaired) electrons. The van der Waals surface area contributed by atoms with Gasteiger partial charge in [0.1, 0.15) is 6.04 Å². The summed E-state index contributed by atoms with van der Waals surface area (Å²) in [4.78, 5) is 32.1. The zero-order valence-electron chi connectivity index (χ0n) is 17.7. The number of piperidine rings is 1. The normalized spacial score (nSPS) is 20.8. The molecule has 2 amide bonds. The van der Waals surface area contributed by atoms with Crippen molar-refractivity contribution in [2.24, 2.45) is 0 Å². The molecule has 0 aliphatic carbocycles. The number of nitrogens with one attached hydrogen (secondary N) is 1. The number of benzene rings is 2. The molecular weight excluding hydrogens is 412 g/mol. The van der Waals surface area contributed by atoms with Crippen LogP contribution in [0.2, 0.25) is 5.02 Å². The minimum Gasteiger partial charge on any atom is -0.368 e. The molecule has 0 saturated carbocycles. The monoisotopic (exact) mass is 438 g/mol. The number of amides is 2. The Bertz CT molecular complexity index is 1030. The van der Waals surface area contributed by atoms with Crippen LogP contribution in [0.4, 0.5) is 17.1 Å². The third kappa shape index (κ3) is 3.74. The second kappa shape index (κ2) is 8.08. The van der Waals surface area contributed by atoms with E-state index in [9.17, 15) is 9.59 Å². The molecular formula is C24H27ClN4O2. The van der Waals surface area contributed by atoms with Gasteiger partial charge in [-0.05, 0) is 62.1 Å². The quantitative estimate of drug-likeness (QED) is 0.772. The first-order valence-electron chi connectivity index (χ1n) is 11.0. The van der Waals surface area contributed by atoms with E-state index in [2.05, 4.69) is 22.0 Å². The number of halogens is 1. The summed E-state index contributed by atoms with van der Waals surface area (Å²) in [6.45, 7) is 5.82. The lowest BCUT2D eigenvalue weighted by Gasteiger charge is -2.41. The van der Waals surface area contributed by atoms with Gasteiger partial charge in [0.25, 0.3) is 5.91 Å². The number of hydrogen-bond acceptors (Lipinski definition) is 4. The summed E-state index contributed by atoms with van der Waals surface area (Å²) in [5.74, 6) is 0.0580. The average molecular weight is 439 g/mol. The van der Waals surface area contributed by atoms with E-state index in [-0.39, 0.29) is 17.9 Å². The number of fused-ring (bicyclic) bond motifs is 3. The lowest BCUT2D eigenvalue weighted by molar-refractivity contribution is -0.118. The summed E-state index contributed by atoms with van der Waals surface area (Å²) in [5.41, 5.74) is 4.73. The SMILES string of the molecule is Cc1ccc(Cl)cc1N1CCN(C(=O)c2ccc3c(c2)NC(=O)[C@H]2CCCCN32)CC1. The Balaban J connectivity index is 1.30. The van der Waals surface area contributed by atoms with Crippen molar-refractivity contribution in [1.82, 2.24) is 4.90 Å². The smallest absolute Gasteiger partial charge is 0.254 e. The number of aryl methyl sites for hydroxylation is 1. The molecule has 31 heavy (non-hydrogen) atoms. The molecule has 1 atom stereocenters. The van der Waals surface area contributed by atoms with Gasteiger partial charge in [0.2, 0.25) is 5.91 Å². The van der Waals surface area contributed by atoms with Crippen LogP contribution >= 0.6 is 11.6 Å². The number of piperazine rings is 1. The van der Waals surface area contributed by atoms with E-state index in [1.807, 2.05) is 41.3 Å². The standard InChI is InChI=1S/C24H27ClN4O2/c1-16-5-7-18(25)15-22(16)27-10-12-28(13-11-27)24(31)17-6-8-20-19(14-17)26-23(30)21-4-2-3-9-29(20)21/h5-8,14-15,21H,2-4,9-13H2,1H3,(H,26,30)/t21-/m1/s1. The number of carbonyl (C=O) groups excluding carboxylic acids is 2. The van der Waals surface area contributed by atoms with Crippen LogP contribution in [-0.2, 0) is 4.79 Å². The van der Waals surface area contributed by atoms with Crippen LogP contribution in [0.25, 0.3) is 0 Å². The summed E-state index contributed by atoms with van der Waals surface area (Å²) in [6.07, 6.45) is 3.07. The third-order valence-electron chi connectivity index (χ3n) is 6.70. The molecule has 0 bridgehead atoms. The van der Waals surface area contributed by atoms with Crippen molar-refractivity contribution in [2.45, 2.75) is 32.2 Å². The average Bonchev–Trinajstić information content (AvgIpc) is 2.80. The molecule has 2 aromatic carbocycles. The highest BCUT2D eigenvalue weighted by molar-refractivity contribution is 6.30. The minimum atomic E-state index is -0.0779. The lowest BCUT2D eigenvalue weighted by Crippen LogP contribution is -2.51. The summed E-state index contributed by atoms with van der Waals surface area (Å²) < 4.78 is 0. The molecule has 2 aromatic rings. The number of carbonyl (C=O) groups is 2. The molecule has 6 nitrogen and oxygen atoms in total. The van der Waals surface area contributed by atoms with Gasteiger partial charge in [-0.3, -0.25) is 9.59 Å². The van der Waals surface area contributed by atoms with Crippen molar-refractivity contribution in [3.05, 3.63) is 52.5 Å². The number of rotatable bonds is 2. The van der Waals surface area contributed by atoms with Crippen molar-refractivity contribution < 1.29 is 9.59 Å². The Morgan fingerprint density at radius 2 is 1.81 bits per heavy atom. The van der Waals surface area contributed by atoms with Crippen molar-refractivity contribution in [3.63, 3.8) is 0 Å². The predicted molar refractivity (Wildman–Crippen MR) is 124 cm³/mol. The predicted octanol–water partition coefficient (Wildman–Crippen LogP) is 3.92. The van der Waals surface area contributed by atoms with E-state index in [0.29, 0.717) is 18.7 Å². The molecule has 3 aliphatic heterocycles. The molecule has 7 heteroatoms. The number of anilines is 3. The highest BCUT2D eigenvalue weighted by Crippen LogP contribution is 2.36. The molecule has 0 spiro atoms. The Hall–Kier alpha value is -2.73. The molecule has 3 aliphatic rings. The van der Waals surface area contributed by atoms with Crippen LogP contribution in [0.15, 0.2) is 36.4 Å². The molecule has 2 saturated heterocycles. The summed E-state index contributed by atoms with van der Waals surface area (Å²) in [6, 6.07) is 11.6. The minimum absolute atomic E-state index is 0.0142. The van der Waals surface area contributed by atoms with Gasteiger partial charge in [-0.2, -0.15) is 0 Å².